The van der Waals surface area contributed by atoms with Crippen LogP contribution in [0.5, 0.6) is 0 Å². The molecule has 1 rings (SSSR count). The van der Waals surface area contributed by atoms with Gasteiger partial charge in [-0.3, -0.25) is 4.98 Å². The van der Waals surface area contributed by atoms with Crippen LogP contribution in [-0.4, -0.2) is 16.2 Å². The molecule has 0 aliphatic carbocycles. The first kappa shape index (κ1) is 13.2. The topological polar surface area (TPSA) is 33.1 Å². The number of hydrogen-bond donors (Lipinski definition) is 1. The van der Waals surface area contributed by atoms with Crippen LogP contribution in [0.1, 0.15) is 44.9 Å². The van der Waals surface area contributed by atoms with Crippen LogP contribution < -0.4 is 0 Å². The minimum absolute atomic E-state index is 0.264. The van der Waals surface area contributed by atoms with Gasteiger partial charge in [-0.15, -0.1) is 0 Å². The van der Waals surface area contributed by atoms with E-state index in [2.05, 4.69) is 31.8 Å². The Bertz CT molecular complexity index is 294. The summed E-state index contributed by atoms with van der Waals surface area (Å²) in [4.78, 5) is 4.37. The Morgan fingerprint density at radius 1 is 1.31 bits per heavy atom. The van der Waals surface area contributed by atoms with Crippen molar-refractivity contribution < 1.29 is 5.11 Å². The van der Waals surface area contributed by atoms with E-state index in [0.717, 1.165) is 25.0 Å². The van der Waals surface area contributed by atoms with E-state index >= 15 is 0 Å². The van der Waals surface area contributed by atoms with E-state index in [0.29, 0.717) is 12.3 Å². The van der Waals surface area contributed by atoms with E-state index in [1.165, 1.54) is 5.56 Å². The monoisotopic (exact) mass is 221 g/mol. The minimum atomic E-state index is -0.264. The lowest BCUT2D eigenvalue weighted by molar-refractivity contribution is 0.111. The fourth-order valence-corrected chi connectivity index (χ4v) is 1.85. The van der Waals surface area contributed by atoms with E-state index in [1.54, 1.807) is 0 Å². The van der Waals surface area contributed by atoms with Crippen LogP contribution in [0.2, 0.25) is 0 Å². The predicted octanol–water partition coefficient (Wildman–Crippen LogP) is 2.98. The van der Waals surface area contributed by atoms with E-state index < -0.39 is 0 Å². The Morgan fingerprint density at radius 3 is 2.56 bits per heavy atom. The number of rotatable bonds is 6. The average molecular weight is 221 g/mol. The normalized spacial score (nSPS) is 14.8. The summed E-state index contributed by atoms with van der Waals surface area (Å²) in [5.74, 6) is 0.359. The van der Waals surface area contributed by atoms with Crippen molar-refractivity contribution in [3.8, 4) is 0 Å². The minimum Gasteiger partial charge on any atom is -0.392 e. The lowest BCUT2D eigenvalue weighted by atomic mass is 9.95. The van der Waals surface area contributed by atoms with E-state index in [1.807, 2.05) is 12.3 Å². The lowest BCUT2D eigenvalue weighted by Crippen LogP contribution is -2.20. The molecule has 1 heterocycles. The highest BCUT2D eigenvalue weighted by Crippen LogP contribution is 2.14. The van der Waals surface area contributed by atoms with Gasteiger partial charge in [0.05, 0.1) is 6.10 Å². The van der Waals surface area contributed by atoms with E-state index in [-0.39, 0.29) is 6.10 Å². The maximum atomic E-state index is 9.99. The van der Waals surface area contributed by atoms with Gasteiger partial charge >= 0.3 is 0 Å². The molecule has 0 amide bonds. The van der Waals surface area contributed by atoms with Crippen LogP contribution in [0.3, 0.4) is 0 Å². The molecule has 2 heteroatoms. The van der Waals surface area contributed by atoms with Crippen LogP contribution in [-0.2, 0) is 12.8 Å². The molecule has 2 unspecified atom stereocenters. The number of aromatic nitrogens is 1. The SMILES string of the molecule is CCCC(C)C(O)Cc1ccc(CC)cn1. The van der Waals surface area contributed by atoms with Gasteiger partial charge in [0.15, 0.2) is 0 Å². The molecule has 1 N–H and O–H groups in total. The highest BCUT2D eigenvalue weighted by Gasteiger charge is 2.14. The van der Waals surface area contributed by atoms with Gasteiger partial charge in [0, 0.05) is 18.3 Å². The van der Waals surface area contributed by atoms with Crippen molar-refractivity contribution in [3.63, 3.8) is 0 Å². The van der Waals surface area contributed by atoms with Gasteiger partial charge < -0.3 is 5.11 Å². The van der Waals surface area contributed by atoms with Crippen molar-refractivity contribution in [2.75, 3.05) is 0 Å². The number of aryl methyl sites for hydroxylation is 1. The summed E-state index contributed by atoms with van der Waals surface area (Å²) in [6, 6.07) is 4.13. The van der Waals surface area contributed by atoms with Crippen LogP contribution in [0.25, 0.3) is 0 Å². The molecule has 0 spiro atoms. The maximum absolute atomic E-state index is 9.99. The Balaban J connectivity index is 2.52. The fraction of sp³-hybridized carbons (Fsp3) is 0.643. The summed E-state index contributed by atoms with van der Waals surface area (Å²) in [5, 5.41) is 9.99. The highest BCUT2D eigenvalue weighted by atomic mass is 16.3. The Hall–Kier alpha value is -0.890. The van der Waals surface area contributed by atoms with Crippen molar-refractivity contribution in [1.82, 2.24) is 4.98 Å². The quantitative estimate of drug-likeness (QED) is 0.801. The molecule has 0 saturated heterocycles. The third-order valence-corrected chi connectivity index (χ3v) is 3.11. The Kier molecular flexibility index (Phi) is 5.47. The molecule has 0 bridgehead atoms. The summed E-state index contributed by atoms with van der Waals surface area (Å²) in [7, 11) is 0. The maximum Gasteiger partial charge on any atom is 0.0621 e. The van der Waals surface area contributed by atoms with Crippen LogP contribution in [0.15, 0.2) is 18.3 Å². The standard InChI is InChI=1S/C14H23NO/c1-4-6-11(3)14(16)9-13-8-7-12(5-2)10-15-13/h7-8,10-11,14,16H,4-6,9H2,1-3H3. The van der Waals surface area contributed by atoms with Crippen LogP contribution >= 0.6 is 0 Å². The van der Waals surface area contributed by atoms with Crippen molar-refractivity contribution in [1.29, 1.82) is 0 Å². The van der Waals surface area contributed by atoms with Crippen molar-refractivity contribution in [3.05, 3.63) is 29.6 Å². The molecule has 0 aliphatic rings. The van der Waals surface area contributed by atoms with Crippen molar-refractivity contribution in [2.24, 2.45) is 5.92 Å². The van der Waals surface area contributed by atoms with Gasteiger partial charge in [-0.05, 0) is 30.4 Å². The molecule has 0 fully saturated rings. The summed E-state index contributed by atoms with van der Waals surface area (Å²) >= 11 is 0. The second-order valence-corrected chi connectivity index (χ2v) is 4.55. The molecule has 2 atom stereocenters. The number of nitrogens with zero attached hydrogens (tertiary/aromatic N) is 1. The third kappa shape index (κ3) is 3.93. The first-order valence-electron chi connectivity index (χ1n) is 6.29. The largest absolute Gasteiger partial charge is 0.392 e. The Labute approximate surface area is 98.7 Å². The fourth-order valence-electron chi connectivity index (χ4n) is 1.85. The zero-order valence-corrected chi connectivity index (χ0v) is 10.6. The van der Waals surface area contributed by atoms with Gasteiger partial charge in [-0.2, -0.15) is 0 Å². The predicted molar refractivity (Wildman–Crippen MR) is 67.4 cm³/mol. The zero-order chi connectivity index (χ0) is 12.0. The van der Waals surface area contributed by atoms with Gasteiger partial charge in [0.2, 0.25) is 0 Å². The molecule has 90 valence electrons. The first-order valence-corrected chi connectivity index (χ1v) is 6.29. The number of hydrogen-bond acceptors (Lipinski definition) is 2. The van der Waals surface area contributed by atoms with Gasteiger partial charge in [0.25, 0.3) is 0 Å². The molecule has 0 aliphatic heterocycles. The molecular formula is C14H23NO. The van der Waals surface area contributed by atoms with Crippen molar-refractivity contribution in [2.45, 2.75) is 52.6 Å². The first-order chi connectivity index (χ1) is 7.67. The van der Waals surface area contributed by atoms with Gasteiger partial charge in [0.1, 0.15) is 0 Å². The Morgan fingerprint density at radius 2 is 2.06 bits per heavy atom. The molecule has 0 radical (unpaired) electrons. The molecule has 16 heavy (non-hydrogen) atoms. The third-order valence-electron chi connectivity index (χ3n) is 3.11. The van der Waals surface area contributed by atoms with Gasteiger partial charge in [-0.25, -0.2) is 0 Å². The molecule has 0 aromatic carbocycles. The number of aliphatic hydroxyl groups is 1. The summed E-state index contributed by atoms with van der Waals surface area (Å²) < 4.78 is 0. The molecule has 0 saturated carbocycles. The highest BCUT2D eigenvalue weighted by molar-refractivity contribution is 5.14. The van der Waals surface area contributed by atoms with E-state index in [4.69, 9.17) is 0 Å². The smallest absolute Gasteiger partial charge is 0.0621 e. The molecular weight excluding hydrogens is 198 g/mol. The summed E-state index contributed by atoms with van der Waals surface area (Å²) in [5.41, 5.74) is 2.24. The molecule has 1 aromatic heterocycles. The molecule has 2 nitrogen and oxygen atoms in total. The van der Waals surface area contributed by atoms with E-state index in [9.17, 15) is 5.11 Å². The second kappa shape index (κ2) is 6.64. The number of pyridine rings is 1. The summed E-state index contributed by atoms with van der Waals surface area (Å²) in [6.45, 7) is 6.38. The summed E-state index contributed by atoms with van der Waals surface area (Å²) in [6.07, 6.45) is 5.54. The van der Waals surface area contributed by atoms with Crippen molar-refractivity contribution >= 4 is 0 Å². The van der Waals surface area contributed by atoms with Crippen LogP contribution in [0.4, 0.5) is 0 Å². The second-order valence-electron chi connectivity index (χ2n) is 4.55. The lowest BCUT2D eigenvalue weighted by Gasteiger charge is -2.17. The van der Waals surface area contributed by atoms with Crippen LogP contribution in [0, 0.1) is 5.92 Å². The molecule has 1 aromatic rings. The average Bonchev–Trinajstić information content (AvgIpc) is 2.30. The number of aliphatic hydroxyl groups excluding tert-OH is 1. The van der Waals surface area contributed by atoms with Gasteiger partial charge in [-0.1, -0.05) is 33.3 Å². The zero-order valence-electron chi connectivity index (χ0n) is 10.6.